The number of nitrogens with one attached hydrogen (secondary N) is 1. The Balaban J connectivity index is 2.15. The third kappa shape index (κ3) is 5.41. The van der Waals surface area contributed by atoms with Crippen molar-refractivity contribution in [1.29, 1.82) is 0 Å². The zero-order valence-corrected chi connectivity index (χ0v) is 17.8. The molecule has 0 fully saturated rings. The number of amides is 1. The van der Waals surface area contributed by atoms with Gasteiger partial charge in [0.15, 0.2) is 5.78 Å². The van der Waals surface area contributed by atoms with Gasteiger partial charge in [-0.2, -0.15) is 13.2 Å². The normalized spacial score (nSPS) is 12.6. The minimum atomic E-state index is -4.54. The number of thioether (sulfide) groups is 1. The van der Waals surface area contributed by atoms with E-state index in [4.69, 9.17) is 0 Å². The summed E-state index contributed by atoms with van der Waals surface area (Å²) in [5.74, 6) is -0.0324. The molecular formula is C22H24F3NO2S. The standard InChI is InChI=1S/C22H24F3NO2S/c1-12-10-13(2)20(15(4)27)14(3)17(12)11-29-16(5)21(28)26-19-9-7-6-8-18(19)22(23,24)25/h6-10,16H,11H2,1-5H3,(H,26,28)/t16-/m1/s1. The largest absolute Gasteiger partial charge is 0.418 e. The Morgan fingerprint density at radius 3 is 2.31 bits per heavy atom. The summed E-state index contributed by atoms with van der Waals surface area (Å²) < 4.78 is 39.3. The molecule has 0 unspecified atom stereocenters. The van der Waals surface area contributed by atoms with Crippen LogP contribution in [0.3, 0.4) is 0 Å². The molecule has 1 N–H and O–H groups in total. The van der Waals surface area contributed by atoms with Crippen molar-refractivity contribution in [1.82, 2.24) is 0 Å². The van der Waals surface area contributed by atoms with Crippen LogP contribution in [-0.4, -0.2) is 16.9 Å². The first-order chi connectivity index (χ1) is 13.4. The predicted molar refractivity (Wildman–Crippen MR) is 111 cm³/mol. The average molecular weight is 424 g/mol. The Morgan fingerprint density at radius 1 is 1.10 bits per heavy atom. The van der Waals surface area contributed by atoms with Gasteiger partial charge in [-0.15, -0.1) is 11.8 Å². The molecule has 2 aromatic carbocycles. The highest BCUT2D eigenvalue weighted by Crippen LogP contribution is 2.35. The highest BCUT2D eigenvalue weighted by Gasteiger charge is 2.33. The van der Waals surface area contributed by atoms with Gasteiger partial charge in [0.2, 0.25) is 5.91 Å². The van der Waals surface area contributed by atoms with Crippen molar-refractivity contribution in [3.63, 3.8) is 0 Å². The molecule has 0 aromatic heterocycles. The van der Waals surface area contributed by atoms with Gasteiger partial charge in [-0.05, 0) is 69.0 Å². The molecule has 2 aromatic rings. The minimum Gasteiger partial charge on any atom is -0.325 e. The van der Waals surface area contributed by atoms with E-state index in [2.05, 4.69) is 5.32 Å². The molecule has 0 saturated heterocycles. The van der Waals surface area contributed by atoms with Crippen molar-refractivity contribution in [2.75, 3.05) is 5.32 Å². The van der Waals surface area contributed by atoms with E-state index in [0.717, 1.165) is 28.3 Å². The number of ketones is 1. The van der Waals surface area contributed by atoms with Gasteiger partial charge in [0.1, 0.15) is 0 Å². The maximum absolute atomic E-state index is 13.1. The fourth-order valence-corrected chi connectivity index (χ4v) is 4.42. The molecule has 0 bridgehead atoms. The number of alkyl halides is 3. The molecule has 3 nitrogen and oxygen atoms in total. The zero-order chi connectivity index (χ0) is 21.9. The summed E-state index contributed by atoms with van der Waals surface area (Å²) in [6.45, 7) is 8.90. The minimum absolute atomic E-state index is 0.0131. The van der Waals surface area contributed by atoms with E-state index in [-0.39, 0.29) is 11.5 Å². The lowest BCUT2D eigenvalue weighted by molar-refractivity contribution is -0.137. The number of carbonyl (C=O) groups excluding carboxylic acids is 2. The molecule has 0 spiro atoms. The van der Waals surface area contributed by atoms with Crippen molar-refractivity contribution >= 4 is 29.1 Å². The Bertz CT molecular complexity index is 938. The SMILES string of the molecule is CC(=O)c1c(C)cc(C)c(CS[C@H](C)C(=O)Nc2ccccc2C(F)(F)F)c1C. The van der Waals surface area contributed by atoms with Crippen LogP contribution in [0.2, 0.25) is 0 Å². The summed E-state index contributed by atoms with van der Waals surface area (Å²) in [5.41, 5.74) is 3.35. The van der Waals surface area contributed by atoms with E-state index in [0.29, 0.717) is 11.3 Å². The quantitative estimate of drug-likeness (QED) is 0.572. The number of Topliss-reactive ketones (excluding diaryl/α,β-unsaturated/α-hetero) is 1. The van der Waals surface area contributed by atoms with E-state index >= 15 is 0 Å². The molecule has 0 heterocycles. The number of aryl methyl sites for hydroxylation is 2. The molecule has 1 atom stereocenters. The van der Waals surface area contributed by atoms with Crippen molar-refractivity contribution in [2.24, 2.45) is 0 Å². The Hall–Kier alpha value is -2.28. The fourth-order valence-electron chi connectivity index (χ4n) is 3.35. The van der Waals surface area contributed by atoms with Gasteiger partial charge in [-0.3, -0.25) is 9.59 Å². The molecule has 7 heteroatoms. The molecule has 0 saturated carbocycles. The highest BCUT2D eigenvalue weighted by molar-refractivity contribution is 7.99. The zero-order valence-electron chi connectivity index (χ0n) is 17.0. The molecular weight excluding hydrogens is 399 g/mol. The van der Waals surface area contributed by atoms with Crippen LogP contribution in [0.25, 0.3) is 0 Å². The third-order valence-electron chi connectivity index (χ3n) is 4.82. The molecule has 1 amide bonds. The lowest BCUT2D eigenvalue weighted by atomic mass is 9.92. The van der Waals surface area contributed by atoms with Crippen LogP contribution in [-0.2, 0) is 16.7 Å². The third-order valence-corrected chi connectivity index (χ3v) is 5.99. The molecule has 29 heavy (non-hydrogen) atoms. The molecule has 0 aliphatic rings. The second kappa shape index (κ2) is 9.03. The van der Waals surface area contributed by atoms with E-state index < -0.39 is 22.9 Å². The molecule has 2 rings (SSSR count). The highest BCUT2D eigenvalue weighted by atomic mass is 32.2. The van der Waals surface area contributed by atoms with Gasteiger partial charge in [-0.1, -0.05) is 18.2 Å². The number of benzene rings is 2. The number of anilines is 1. The fraction of sp³-hybridized carbons (Fsp3) is 0.364. The van der Waals surface area contributed by atoms with Crippen LogP contribution in [0.5, 0.6) is 0 Å². The van der Waals surface area contributed by atoms with Gasteiger partial charge < -0.3 is 5.32 Å². The predicted octanol–water partition coefficient (Wildman–Crippen LogP) is 6.09. The maximum atomic E-state index is 13.1. The summed E-state index contributed by atoms with van der Waals surface area (Å²) >= 11 is 1.32. The number of rotatable bonds is 6. The average Bonchev–Trinajstić information content (AvgIpc) is 2.60. The summed E-state index contributed by atoms with van der Waals surface area (Å²) in [6.07, 6.45) is -4.54. The Labute approximate surface area is 173 Å². The topological polar surface area (TPSA) is 46.2 Å². The van der Waals surface area contributed by atoms with E-state index in [1.807, 2.05) is 26.8 Å². The van der Waals surface area contributed by atoms with Gasteiger partial charge in [0.05, 0.1) is 16.5 Å². The van der Waals surface area contributed by atoms with Gasteiger partial charge in [0, 0.05) is 11.3 Å². The summed E-state index contributed by atoms with van der Waals surface area (Å²) in [6, 6.07) is 6.86. The first-order valence-electron chi connectivity index (χ1n) is 9.12. The lowest BCUT2D eigenvalue weighted by Gasteiger charge is -2.18. The van der Waals surface area contributed by atoms with E-state index in [1.165, 1.54) is 36.9 Å². The number of hydrogen-bond acceptors (Lipinski definition) is 3. The van der Waals surface area contributed by atoms with E-state index in [1.54, 1.807) is 6.92 Å². The smallest absolute Gasteiger partial charge is 0.325 e. The van der Waals surface area contributed by atoms with Crippen molar-refractivity contribution in [3.05, 3.63) is 63.7 Å². The second-order valence-corrected chi connectivity index (χ2v) is 8.36. The summed E-state index contributed by atoms with van der Waals surface area (Å²) in [7, 11) is 0. The van der Waals surface area contributed by atoms with Crippen molar-refractivity contribution in [3.8, 4) is 0 Å². The molecule has 156 valence electrons. The lowest BCUT2D eigenvalue weighted by Crippen LogP contribution is -2.24. The van der Waals surface area contributed by atoms with Crippen LogP contribution < -0.4 is 5.32 Å². The Morgan fingerprint density at radius 2 is 1.72 bits per heavy atom. The second-order valence-electron chi connectivity index (χ2n) is 7.03. The number of halogens is 3. The summed E-state index contributed by atoms with van der Waals surface area (Å²) in [5, 5.41) is 1.82. The van der Waals surface area contributed by atoms with E-state index in [9.17, 15) is 22.8 Å². The Kier molecular flexibility index (Phi) is 7.16. The number of hydrogen-bond donors (Lipinski definition) is 1. The van der Waals surface area contributed by atoms with Crippen LogP contribution in [0, 0.1) is 20.8 Å². The first kappa shape index (κ1) is 23.0. The van der Waals surface area contributed by atoms with Crippen LogP contribution in [0.15, 0.2) is 30.3 Å². The van der Waals surface area contributed by atoms with Crippen molar-refractivity contribution < 1.29 is 22.8 Å². The summed E-state index contributed by atoms with van der Waals surface area (Å²) in [4.78, 5) is 24.4. The van der Waals surface area contributed by atoms with Crippen LogP contribution >= 0.6 is 11.8 Å². The van der Waals surface area contributed by atoms with Crippen LogP contribution in [0.4, 0.5) is 18.9 Å². The van der Waals surface area contributed by atoms with Crippen molar-refractivity contribution in [2.45, 2.75) is 51.8 Å². The van der Waals surface area contributed by atoms with Gasteiger partial charge in [-0.25, -0.2) is 0 Å². The van der Waals surface area contributed by atoms with Gasteiger partial charge >= 0.3 is 6.18 Å². The van der Waals surface area contributed by atoms with Gasteiger partial charge in [0.25, 0.3) is 0 Å². The molecule has 0 radical (unpaired) electrons. The monoisotopic (exact) mass is 423 g/mol. The van der Waals surface area contributed by atoms with Crippen LogP contribution in [0.1, 0.15) is 52.0 Å². The number of para-hydroxylation sites is 1. The number of carbonyl (C=O) groups is 2. The first-order valence-corrected chi connectivity index (χ1v) is 10.2. The molecule has 0 aliphatic carbocycles. The molecule has 0 aliphatic heterocycles. The maximum Gasteiger partial charge on any atom is 0.418 e.